The van der Waals surface area contributed by atoms with Gasteiger partial charge in [0.15, 0.2) is 0 Å². The molecule has 0 aromatic heterocycles. The maximum Gasteiger partial charge on any atom is 0.0402 e. The minimum Gasteiger partial charge on any atom is -0.369 e. The molecule has 0 amide bonds. The van der Waals surface area contributed by atoms with Gasteiger partial charge in [0.05, 0.1) is 0 Å². The fourth-order valence-electron chi connectivity index (χ4n) is 4.06. The predicted octanol–water partition coefficient (Wildman–Crippen LogP) is 5.74. The number of anilines is 1. The average molecular weight is 367 g/mol. The van der Waals surface area contributed by atoms with Gasteiger partial charge < -0.3 is 9.80 Å². The minimum absolute atomic E-state index is 0.215. The van der Waals surface area contributed by atoms with Crippen LogP contribution in [0, 0.1) is 12.8 Å². The van der Waals surface area contributed by atoms with Gasteiger partial charge >= 0.3 is 0 Å². The summed E-state index contributed by atoms with van der Waals surface area (Å²) in [5.74, 6) is 0.926. The molecule has 0 spiro atoms. The van der Waals surface area contributed by atoms with Gasteiger partial charge in [-0.25, -0.2) is 0 Å². The first kappa shape index (κ1) is 21.5. The van der Waals surface area contributed by atoms with E-state index < -0.39 is 0 Å². The van der Waals surface area contributed by atoms with E-state index in [4.69, 9.17) is 0 Å². The fraction of sp³-hybridized carbons (Fsp3) is 0.520. The number of piperazine rings is 1. The van der Waals surface area contributed by atoms with Crippen molar-refractivity contribution in [1.29, 1.82) is 0 Å². The Labute approximate surface area is 167 Å². The second kappa shape index (κ2) is 9.94. The molecule has 2 nitrogen and oxygen atoms in total. The first-order valence-corrected chi connectivity index (χ1v) is 10.4. The zero-order valence-corrected chi connectivity index (χ0v) is 18.1. The number of benzene rings is 1. The number of likely N-dealkylation sites (N-methyl/N-ethyl adjacent to an activating group) is 1. The van der Waals surface area contributed by atoms with Crippen LogP contribution in [0.4, 0.5) is 5.69 Å². The zero-order valence-electron chi connectivity index (χ0n) is 18.1. The molecule has 1 aliphatic heterocycles. The number of hydrogen-bond donors (Lipinski definition) is 0. The first-order valence-electron chi connectivity index (χ1n) is 10.4. The third kappa shape index (κ3) is 5.13. The Hall–Kier alpha value is -1.80. The molecular formula is C25H38N2. The van der Waals surface area contributed by atoms with Crippen molar-refractivity contribution >= 4 is 5.69 Å². The van der Waals surface area contributed by atoms with E-state index in [2.05, 4.69) is 82.0 Å². The molecule has 1 heterocycles. The number of nitrogens with zero attached hydrogens (tertiary/aromatic N) is 2. The second-order valence-electron chi connectivity index (χ2n) is 8.21. The lowest BCUT2D eigenvalue weighted by Crippen LogP contribution is -2.44. The third-order valence-electron chi connectivity index (χ3n) is 5.93. The van der Waals surface area contributed by atoms with Crippen molar-refractivity contribution in [2.45, 2.75) is 46.5 Å². The molecule has 0 bridgehead atoms. The van der Waals surface area contributed by atoms with E-state index in [1.165, 1.54) is 34.4 Å². The summed E-state index contributed by atoms with van der Waals surface area (Å²) in [6.45, 7) is 21.6. The summed E-state index contributed by atoms with van der Waals surface area (Å²) in [4.78, 5) is 5.00. The van der Waals surface area contributed by atoms with Crippen molar-refractivity contribution in [1.82, 2.24) is 4.90 Å². The molecule has 1 aromatic rings. The standard InChI is InChI=1S/C25H38N2/c1-8-21(9-2)22(10-3)23-13-14-25(27-17-15-26(7)16-18-27)24(20(23)6)12-11-19(4)5/h8-10,13-14,19,22H,1,3,11-12,15-18H2,2,4-7H3/b21-9-. The summed E-state index contributed by atoms with van der Waals surface area (Å²) in [6, 6.07) is 4.68. The first-order chi connectivity index (χ1) is 12.9. The Morgan fingerprint density at radius 3 is 2.33 bits per heavy atom. The van der Waals surface area contributed by atoms with Crippen LogP contribution in [0.2, 0.25) is 0 Å². The average Bonchev–Trinajstić information content (AvgIpc) is 2.66. The second-order valence-corrected chi connectivity index (χ2v) is 8.21. The van der Waals surface area contributed by atoms with Crippen LogP contribution in [0.1, 0.15) is 49.8 Å². The van der Waals surface area contributed by atoms with Gasteiger partial charge in [-0.05, 0) is 68.0 Å². The Morgan fingerprint density at radius 2 is 1.81 bits per heavy atom. The molecule has 148 valence electrons. The number of allylic oxidation sites excluding steroid dienone is 4. The lowest BCUT2D eigenvalue weighted by molar-refractivity contribution is 0.312. The van der Waals surface area contributed by atoms with Crippen molar-refractivity contribution in [3.63, 3.8) is 0 Å². The molecule has 0 radical (unpaired) electrons. The van der Waals surface area contributed by atoms with Crippen LogP contribution in [0.3, 0.4) is 0 Å². The van der Waals surface area contributed by atoms with E-state index in [0.29, 0.717) is 5.92 Å². The normalized spacial score (nSPS) is 17.3. The Bertz CT molecular complexity index is 676. The molecule has 27 heavy (non-hydrogen) atoms. The van der Waals surface area contributed by atoms with Gasteiger partial charge in [-0.15, -0.1) is 6.58 Å². The SMILES string of the molecule is C=C/C(=C/C)C(C=C)c1ccc(N2CCN(C)CC2)c(CCC(C)C)c1C. The minimum atomic E-state index is 0.215. The molecule has 1 aromatic carbocycles. The highest BCUT2D eigenvalue weighted by molar-refractivity contribution is 5.61. The van der Waals surface area contributed by atoms with E-state index in [0.717, 1.165) is 32.6 Å². The zero-order chi connectivity index (χ0) is 20.0. The van der Waals surface area contributed by atoms with Gasteiger partial charge in [-0.1, -0.05) is 44.7 Å². The lowest BCUT2D eigenvalue weighted by Gasteiger charge is -2.36. The Morgan fingerprint density at radius 1 is 1.15 bits per heavy atom. The van der Waals surface area contributed by atoms with E-state index in [1.54, 1.807) is 0 Å². The van der Waals surface area contributed by atoms with Gasteiger partial charge in [0.2, 0.25) is 0 Å². The highest BCUT2D eigenvalue weighted by Crippen LogP contribution is 2.36. The van der Waals surface area contributed by atoms with Crippen molar-refractivity contribution < 1.29 is 0 Å². The molecule has 0 saturated carbocycles. The lowest BCUT2D eigenvalue weighted by atomic mass is 9.84. The molecule has 0 aliphatic carbocycles. The topological polar surface area (TPSA) is 6.48 Å². The van der Waals surface area contributed by atoms with Crippen molar-refractivity contribution in [3.05, 3.63) is 65.8 Å². The predicted molar refractivity (Wildman–Crippen MR) is 121 cm³/mol. The highest BCUT2D eigenvalue weighted by Gasteiger charge is 2.22. The Kier molecular flexibility index (Phi) is 7.91. The van der Waals surface area contributed by atoms with Crippen LogP contribution >= 0.6 is 0 Å². The summed E-state index contributed by atoms with van der Waals surface area (Å²) < 4.78 is 0. The molecule has 1 atom stereocenters. The quantitative estimate of drug-likeness (QED) is 0.428. The van der Waals surface area contributed by atoms with Crippen molar-refractivity contribution in [3.8, 4) is 0 Å². The van der Waals surface area contributed by atoms with E-state index >= 15 is 0 Å². The smallest absolute Gasteiger partial charge is 0.0402 e. The van der Waals surface area contributed by atoms with Gasteiger partial charge in [0, 0.05) is 37.8 Å². The fourth-order valence-corrected chi connectivity index (χ4v) is 4.06. The number of hydrogen-bond acceptors (Lipinski definition) is 2. The van der Waals surface area contributed by atoms with Gasteiger partial charge in [-0.2, -0.15) is 0 Å². The maximum absolute atomic E-state index is 4.12. The summed E-state index contributed by atoms with van der Waals surface area (Å²) in [5.41, 5.74) is 6.99. The largest absolute Gasteiger partial charge is 0.369 e. The van der Waals surface area contributed by atoms with Crippen LogP contribution < -0.4 is 4.90 Å². The van der Waals surface area contributed by atoms with Crippen LogP contribution in [-0.4, -0.2) is 38.1 Å². The molecule has 2 rings (SSSR count). The number of rotatable bonds is 8. The molecule has 1 aliphatic rings. The summed E-state index contributed by atoms with van der Waals surface area (Å²) in [6.07, 6.45) is 8.54. The van der Waals surface area contributed by atoms with E-state index in [1.807, 2.05) is 6.08 Å². The van der Waals surface area contributed by atoms with Crippen LogP contribution in [0.15, 0.2) is 49.1 Å². The third-order valence-corrected chi connectivity index (χ3v) is 5.93. The van der Waals surface area contributed by atoms with Crippen LogP contribution in [-0.2, 0) is 6.42 Å². The molecule has 1 saturated heterocycles. The molecular weight excluding hydrogens is 328 g/mol. The van der Waals surface area contributed by atoms with E-state index in [9.17, 15) is 0 Å². The maximum atomic E-state index is 4.12. The van der Waals surface area contributed by atoms with Gasteiger partial charge in [-0.3, -0.25) is 0 Å². The monoisotopic (exact) mass is 366 g/mol. The Balaban J connectivity index is 2.48. The summed E-state index contributed by atoms with van der Waals surface area (Å²) >= 11 is 0. The molecule has 1 fully saturated rings. The molecule has 1 unspecified atom stereocenters. The molecule has 0 N–H and O–H groups in total. The van der Waals surface area contributed by atoms with Crippen LogP contribution in [0.25, 0.3) is 0 Å². The van der Waals surface area contributed by atoms with Crippen molar-refractivity contribution in [2.75, 3.05) is 38.1 Å². The summed E-state index contributed by atoms with van der Waals surface area (Å²) in [5, 5.41) is 0. The van der Waals surface area contributed by atoms with E-state index in [-0.39, 0.29) is 5.92 Å². The van der Waals surface area contributed by atoms with Gasteiger partial charge in [0.25, 0.3) is 0 Å². The van der Waals surface area contributed by atoms with Crippen LogP contribution in [0.5, 0.6) is 0 Å². The highest BCUT2D eigenvalue weighted by atomic mass is 15.2. The summed E-state index contributed by atoms with van der Waals surface area (Å²) in [7, 11) is 2.22. The van der Waals surface area contributed by atoms with Crippen molar-refractivity contribution in [2.24, 2.45) is 5.92 Å². The molecule has 2 heteroatoms. The van der Waals surface area contributed by atoms with Gasteiger partial charge in [0.1, 0.15) is 0 Å².